The molecule has 0 aliphatic heterocycles. The van der Waals surface area contributed by atoms with Crippen LogP contribution in [-0.2, 0) is 16.0 Å². The molecule has 1 aromatic heterocycles. The summed E-state index contributed by atoms with van der Waals surface area (Å²) in [7, 11) is 0. The molecule has 0 saturated heterocycles. The van der Waals surface area contributed by atoms with Crippen LogP contribution in [-0.4, -0.2) is 40.6 Å². The van der Waals surface area contributed by atoms with Crippen LogP contribution in [0.1, 0.15) is 17.8 Å². The summed E-state index contributed by atoms with van der Waals surface area (Å²) in [5, 5.41) is 16.9. The smallest absolute Gasteiger partial charge is 0.409 e. The molecule has 8 nitrogen and oxygen atoms in total. The van der Waals surface area contributed by atoms with E-state index in [2.05, 4.69) is 20.9 Å². The second kappa shape index (κ2) is 8.68. The third-order valence-corrected chi connectivity index (χ3v) is 5.69. The summed E-state index contributed by atoms with van der Waals surface area (Å²) in [5.74, 6) is -1.01. The first kappa shape index (κ1) is 20.7. The molecule has 1 heterocycles. The minimum atomic E-state index is -1.18. The van der Waals surface area contributed by atoms with Crippen molar-refractivity contribution in [3.05, 3.63) is 47.2 Å². The molecule has 160 valence electrons. The molecule has 2 aromatic carbocycles. The van der Waals surface area contributed by atoms with Crippen LogP contribution in [0.3, 0.4) is 0 Å². The van der Waals surface area contributed by atoms with Crippen LogP contribution in [0.5, 0.6) is 0 Å². The number of nitrogens with zero attached hydrogens (tertiary/aromatic N) is 1. The van der Waals surface area contributed by atoms with Crippen LogP contribution in [0.25, 0.3) is 21.3 Å². The average Bonchev–Trinajstić information content (AvgIpc) is 3.44. The molecular weight excluding hydrogens is 423 g/mol. The van der Waals surface area contributed by atoms with Crippen LogP contribution in [0.4, 0.5) is 14.9 Å². The molecule has 0 bridgehead atoms. The molecule has 3 amide bonds. The van der Waals surface area contributed by atoms with Gasteiger partial charge in [0.2, 0.25) is 11.8 Å². The van der Waals surface area contributed by atoms with Gasteiger partial charge in [0.05, 0.1) is 23.2 Å². The van der Waals surface area contributed by atoms with Gasteiger partial charge in [-0.3, -0.25) is 14.9 Å². The Bertz CT molecular complexity index is 1160. The molecule has 1 aliphatic rings. The quantitative estimate of drug-likeness (QED) is 0.448. The topological polar surface area (TPSA) is 120 Å². The van der Waals surface area contributed by atoms with Gasteiger partial charge < -0.3 is 15.7 Å². The van der Waals surface area contributed by atoms with Gasteiger partial charge in [-0.1, -0.05) is 12.1 Å². The molecule has 4 N–H and O–H groups in total. The highest BCUT2D eigenvalue weighted by Crippen LogP contribution is 2.31. The molecule has 1 fully saturated rings. The van der Waals surface area contributed by atoms with Crippen LogP contribution in [0, 0.1) is 5.82 Å². The van der Waals surface area contributed by atoms with Crippen LogP contribution in [0.15, 0.2) is 36.4 Å². The van der Waals surface area contributed by atoms with Crippen molar-refractivity contribution in [2.24, 2.45) is 0 Å². The second-order valence-corrected chi connectivity index (χ2v) is 8.33. The monoisotopic (exact) mass is 442 g/mol. The zero-order valence-corrected chi connectivity index (χ0v) is 17.1. The van der Waals surface area contributed by atoms with E-state index in [0.29, 0.717) is 27.3 Å². The first-order valence-electron chi connectivity index (χ1n) is 9.63. The number of halogens is 1. The number of carboxylic acid groups (broad SMARTS) is 1. The molecule has 10 heteroatoms. The normalized spacial score (nSPS) is 13.1. The summed E-state index contributed by atoms with van der Waals surface area (Å²) >= 11 is 1.28. The summed E-state index contributed by atoms with van der Waals surface area (Å²) in [6.45, 7) is -0.0776. The lowest BCUT2D eigenvalue weighted by atomic mass is 10.0. The number of aromatic nitrogens is 1. The van der Waals surface area contributed by atoms with Gasteiger partial charge in [0.25, 0.3) is 0 Å². The number of thiazole rings is 1. The van der Waals surface area contributed by atoms with Crippen molar-refractivity contribution in [1.82, 2.24) is 15.6 Å². The minimum Gasteiger partial charge on any atom is -0.465 e. The van der Waals surface area contributed by atoms with Crippen molar-refractivity contribution >= 4 is 45.1 Å². The highest BCUT2D eigenvalue weighted by molar-refractivity contribution is 7.18. The number of carbonyl (C=O) groups excluding carboxylic acids is 2. The van der Waals surface area contributed by atoms with E-state index in [-0.39, 0.29) is 30.8 Å². The molecule has 31 heavy (non-hydrogen) atoms. The Hall–Kier alpha value is -3.53. The van der Waals surface area contributed by atoms with Gasteiger partial charge in [-0.15, -0.1) is 11.3 Å². The van der Waals surface area contributed by atoms with Crippen molar-refractivity contribution in [2.45, 2.75) is 25.3 Å². The Labute approximate surface area is 180 Å². The number of hydrogen-bond donors (Lipinski definition) is 4. The highest BCUT2D eigenvalue weighted by atomic mass is 32.1. The first-order valence-corrected chi connectivity index (χ1v) is 10.4. The van der Waals surface area contributed by atoms with E-state index in [1.54, 1.807) is 30.3 Å². The van der Waals surface area contributed by atoms with Crippen LogP contribution < -0.4 is 16.0 Å². The summed E-state index contributed by atoms with van der Waals surface area (Å²) in [4.78, 5) is 38.8. The Kier molecular flexibility index (Phi) is 5.81. The number of amides is 3. The molecular formula is C21H19FN4O4S. The van der Waals surface area contributed by atoms with Gasteiger partial charge in [-0.05, 0) is 36.6 Å². The number of anilines is 1. The zero-order valence-electron chi connectivity index (χ0n) is 16.3. The number of hydrogen-bond acceptors (Lipinski definition) is 5. The van der Waals surface area contributed by atoms with Crippen LogP contribution in [0.2, 0.25) is 0 Å². The fourth-order valence-corrected chi connectivity index (χ4v) is 4.02. The van der Waals surface area contributed by atoms with Gasteiger partial charge >= 0.3 is 6.09 Å². The fourth-order valence-electron chi connectivity index (χ4n) is 3.03. The van der Waals surface area contributed by atoms with Crippen molar-refractivity contribution in [2.75, 3.05) is 11.9 Å². The maximum atomic E-state index is 14.6. The summed E-state index contributed by atoms with van der Waals surface area (Å²) in [6.07, 6.45) is 0.786. The third-order valence-electron chi connectivity index (χ3n) is 4.67. The molecule has 4 rings (SSSR count). The average molecular weight is 442 g/mol. The molecule has 0 atom stereocenters. The van der Waals surface area contributed by atoms with Gasteiger partial charge in [-0.2, -0.15) is 0 Å². The van der Waals surface area contributed by atoms with E-state index < -0.39 is 11.9 Å². The molecule has 3 aromatic rings. The number of fused-ring (bicyclic) bond motifs is 1. The summed E-state index contributed by atoms with van der Waals surface area (Å²) in [5.41, 5.74) is 1.77. The zero-order chi connectivity index (χ0) is 22.0. The Morgan fingerprint density at radius 3 is 2.55 bits per heavy atom. The van der Waals surface area contributed by atoms with Gasteiger partial charge in [-0.25, -0.2) is 14.2 Å². The lowest BCUT2D eigenvalue weighted by Crippen LogP contribution is -2.38. The van der Waals surface area contributed by atoms with E-state index >= 15 is 0 Å². The minimum absolute atomic E-state index is 0.00254. The van der Waals surface area contributed by atoms with Crippen LogP contribution >= 0.6 is 11.3 Å². The highest BCUT2D eigenvalue weighted by Gasteiger charge is 2.23. The van der Waals surface area contributed by atoms with E-state index in [9.17, 15) is 18.8 Å². The van der Waals surface area contributed by atoms with E-state index in [1.165, 1.54) is 17.4 Å². The van der Waals surface area contributed by atoms with E-state index in [1.807, 2.05) is 0 Å². The summed E-state index contributed by atoms with van der Waals surface area (Å²) < 4.78 is 15.4. The van der Waals surface area contributed by atoms with E-state index in [0.717, 1.165) is 17.5 Å². The van der Waals surface area contributed by atoms with Crippen molar-refractivity contribution in [3.8, 4) is 11.1 Å². The van der Waals surface area contributed by atoms with Gasteiger partial charge in [0, 0.05) is 23.4 Å². The van der Waals surface area contributed by atoms with Crippen molar-refractivity contribution in [1.29, 1.82) is 0 Å². The summed E-state index contributed by atoms with van der Waals surface area (Å²) in [6, 6.07) is 9.56. The number of carbonyl (C=O) groups is 3. The van der Waals surface area contributed by atoms with Gasteiger partial charge in [0.15, 0.2) is 0 Å². The predicted octanol–water partition coefficient (Wildman–Crippen LogP) is 3.13. The van der Waals surface area contributed by atoms with Gasteiger partial charge in [0.1, 0.15) is 10.8 Å². The lowest BCUT2D eigenvalue weighted by Gasteiger charge is -2.05. The first-order chi connectivity index (χ1) is 14.9. The van der Waals surface area contributed by atoms with E-state index in [4.69, 9.17) is 5.11 Å². The van der Waals surface area contributed by atoms with Crippen molar-refractivity contribution < 1.29 is 23.9 Å². The SMILES string of the molecule is O=C(O)Nc1ccc(-c2cc3sc(CC(=O)NCC(=O)NC4CC4)nc3cc2F)cc1. The third kappa shape index (κ3) is 5.34. The predicted molar refractivity (Wildman–Crippen MR) is 115 cm³/mol. The number of benzene rings is 2. The maximum absolute atomic E-state index is 14.6. The Morgan fingerprint density at radius 1 is 1.13 bits per heavy atom. The Morgan fingerprint density at radius 2 is 1.87 bits per heavy atom. The second-order valence-electron chi connectivity index (χ2n) is 7.21. The molecule has 0 radical (unpaired) electrons. The molecule has 0 unspecified atom stereocenters. The molecule has 0 spiro atoms. The van der Waals surface area contributed by atoms with Crippen molar-refractivity contribution in [3.63, 3.8) is 0 Å². The number of rotatable bonds is 7. The fraction of sp³-hybridized carbons (Fsp3) is 0.238. The molecule has 1 saturated carbocycles. The molecule has 1 aliphatic carbocycles. The standard InChI is InChI=1S/C21H19FN4O4S/c22-15-8-16-17(7-14(15)11-1-3-13(4-2-11)25-21(29)30)31-20(26-16)9-18(27)23-10-19(28)24-12-5-6-12/h1-4,7-8,12,25H,5-6,9-10H2,(H,23,27)(H,24,28)(H,29,30). The lowest BCUT2D eigenvalue weighted by molar-refractivity contribution is -0.125. The largest absolute Gasteiger partial charge is 0.465 e. The number of nitrogens with one attached hydrogen (secondary N) is 3. The Balaban J connectivity index is 1.44. The maximum Gasteiger partial charge on any atom is 0.409 e.